The van der Waals surface area contributed by atoms with Crippen LogP contribution in [-0.2, 0) is 9.59 Å². The van der Waals surface area contributed by atoms with Crippen LogP contribution in [0.2, 0.25) is 0 Å². The molecule has 0 aromatic heterocycles. The van der Waals surface area contributed by atoms with E-state index >= 15 is 0 Å². The fourth-order valence-electron chi connectivity index (χ4n) is 5.42. The Morgan fingerprint density at radius 3 is 1.16 bits per heavy atom. The lowest BCUT2D eigenvalue weighted by Gasteiger charge is -2.19. The molecule has 0 bridgehead atoms. The summed E-state index contributed by atoms with van der Waals surface area (Å²) in [7, 11) is 3.16. The van der Waals surface area contributed by atoms with Gasteiger partial charge in [0.25, 0.3) is 0 Å². The Hall–Kier alpha value is -5.44. The normalized spacial score (nSPS) is 12.0. The second-order valence-corrected chi connectivity index (χ2v) is 13.6. The van der Waals surface area contributed by atoms with Gasteiger partial charge < -0.3 is 20.1 Å². The summed E-state index contributed by atoms with van der Waals surface area (Å²) < 4.78 is 11.5. The molecule has 50 heavy (non-hydrogen) atoms. The zero-order valence-electron chi connectivity index (χ0n) is 27.6. The lowest BCUT2D eigenvalue weighted by molar-refractivity contribution is -0.116. The predicted molar refractivity (Wildman–Crippen MR) is 205 cm³/mol. The highest BCUT2D eigenvalue weighted by atomic mass is 32.2. The van der Waals surface area contributed by atoms with Crippen molar-refractivity contribution in [3.05, 3.63) is 169 Å². The van der Waals surface area contributed by atoms with Crippen molar-refractivity contribution in [1.29, 1.82) is 0 Å². The number of carbonyl (C=O) groups excluding carboxylic acids is 2. The molecule has 6 rings (SSSR count). The van der Waals surface area contributed by atoms with Crippen LogP contribution < -0.4 is 20.1 Å². The van der Waals surface area contributed by atoms with Crippen molar-refractivity contribution < 1.29 is 19.1 Å². The molecule has 6 nitrogen and oxygen atoms in total. The van der Waals surface area contributed by atoms with Crippen LogP contribution in [0.25, 0.3) is 11.1 Å². The van der Waals surface area contributed by atoms with Gasteiger partial charge in [-0.25, -0.2) is 0 Å². The van der Waals surface area contributed by atoms with Crippen molar-refractivity contribution in [1.82, 2.24) is 0 Å². The van der Waals surface area contributed by atoms with Gasteiger partial charge in [-0.2, -0.15) is 0 Å². The lowest BCUT2D eigenvalue weighted by atomic mass is 10.0. The van der Waals surface area contributed by atoms with Gasteiger partial charge in [0.1, 0.15) is 22.0 Å². The molecule has 0 spiro atoms. The Balaban J connectivity index is 1.21. The first-order valence-electron chi connectivity index (χ1n) is 16.0. The fourth-order valence-corrected chi connectivity index (χ4v) is 7.51. The molecule has 0 aliphatic heterocycles. The Kier molecular flexibility index (Phi) is 11.6. The number of anilines is 2. The van der Waals surface area contributed by atoms with Crippen LogP contribution in [0.4, 0.5) is 11.4 Å². The zero-order chi connectivity index (χ0) is 34.7. The molecule has 6 aromatic rings. The van der Waals surface area contributed by atoms with E-state index in [1.165, 1.54) is 23.5 Å². The van der Waals surface area contributed by atoms with E-state index in [1.54, 1.807) is 14.2 Å². The van der Waals surface area contributed by atoms with E-state index in [9.17, 15) is 9.59 Å². The number of thioether (sulfide) groups is 2. The van der Waals surface area contributed by atoms with E-state index < -0.39 is 10.5 Å². The molecule has 2 amide bonds. The molecule has 0 saturated carbocycles. The number of rotatable bonds is 13. The number of hydrogen-bond donors (Lipinski definition) is 2. The number of nitrogens with one attached hydrogen (secondary N) is 2. The third-order valence-electron chi connectivity index (χ3n) is 7.93. The quantitative estimate of drug-likeness (QED) is 0.117. The highest BCUT2D eigenvalue weighted by Gasteiger charge is 2.25. The van der Waals surface area contributed by atoms with Gasteiger partial charge in [0.15, 0.2) is 0 Å². The smallest absolute Gasteiger partial charge is 0.242 e. The van der Waals surface area contributed by atoms with Crippen LogP contribution in [0.15, 0.2) is 168 Å². The minimum atomic E-state index is -0.470. The van der Waals surface area contributed by atoms with Gasteiger partial charge in [-0.1, -0.05) is 109 Å². The first-order valence-corrected chi connectivity index (χ1v) is 17.8. The topological polar surface area (TPSA) is 76.7 Å². The predicted octanol–water partition coefficient (Wildman–Crippen LogP) is 10.3. The molecule has 8 heteroatoms. The van der Waals surface area contributed by atoms with Crippen molar-refractivity contribution in [3.8, 4) is 22.6 Å². The second-order valence-electron chi connectivity index (χ2n) is 11.3. The van der Waals surface area contributed by atoms with Gasteiger partial charge in [0.2, 0.25) is 11.8 Å². The maximum atomic E-state index is 13.8. The minimum absolute atomic E-state index is 0.155. The third kappa shape index (κ3) is 8.58. The van der Waals surface area contributed by atoms with Crippen LogP contribution >= 0.6 is 23.5 Å². The molecule has 0 radical (unpaired) electrons. The number of amides is 2. The number of benzene rings is 6. The van der Waals surface area contributed by atoms with E-state index in [0.717, 1.165) is 32.0 Å². The van der Waals surface area contributed by atoms with E-state index in [4.69, 9.17) is 9.47 Å². The van der Waals surface area contributed by atoms with E-state index in [-0.39, 0.29) is 11.8 Å². The number of methoxy groups -OCH3 is 2. The molecule has 0 saturated heterocycles. The SMILES string of the molecule is COc1cc(-c2ccc(NC(=O)C(Sc3ccccc3)c3ccccc3)c(OC)c2)ccc1NC(=O)C(Sc1ccccc1)c1ccccc1. The second kappa shape index (κ2) is 16.8. The van der Waals surface area contributed by atoms with Gasteiger partial charge in [0, 0.05) is 9.79 Å². The number of ether oxygens (including phenoxy) is 2. The molecule has 0 aliphatic rings. The van der Waals surface area contributed by atoms with E-state index in [1.807, 2.05) is 158 Å². The first-order chi connectivity index (χ1) is 24.5. The maximum Gasteiger partial charge on any atom is 0.242 e. The summed E-state index contributed by atoms with van der Waals surface area (Å²) in [6.45, 7) is 0. The standard InChI is InChI=1S/C42H36N2O4S2/c1-47-37-27-31(23-25-35(37)43-41(45)39(29-15-7-3-8-16-29)49-33-19-11-5-12-20-33)32-24-26-36(38(28-32)48-2)44-42(46)40(30-17-9-4-10-18-30)50-34-21-13-6-14-22-34/h3-28,39-40H,1-2H3,(H,43,45)(H,44,46). The Morgan fingerprint density at radius 1 is 0.480 bits per heavy atom. The molecular formula is C42H36N2O4S2. The third-order valence-corrected chi connectivity index (χ3v) is 10.5. The summed E-state index contributed by atoms with van der Waals surface area (Å²) in [4.78, 5) is 29.5. The molecule has 2 atom stereocenters. The number of carbonyl (C=O) groups is 2. The molecule has 2 unspecified atom stereocenters. The van der Waals surface area contributed by atoms with Gasteiger partial charge in [-0.15, -0.1) is 23.5 Å². The summed E-state index contributed by atoms with van der Waals surface area (Å²) in [5.41, 5.74) is 4.65. The summed E-state index contributed by atoms with van der Waals surface area (Å²) in [6.07, 6.45) is 0. The largest absolute Gasteiger partial charge is 0.495 e. The van der Waals surface area contributed by atoms with Gasteiger partial charge in [-0.3, -0.25) is 9.59 Å². The zero-order valence-corrected chi connectivity index (χ0v) is 29.2. The first kappa shape index (κ1) is 34.4. The molecule has 250 valence electrons. The van der Waals surface area contributed by atoms with Gasteiger partial charge in [-0.05, 0) is 70.8 Å². The minimum Gasteiger partial charge on any atom is -0.495 e. The van der Waals surface area contributed by atoms with Crippen molar-refractivity contribution in [2.75, 3.05) is 24.9 Å². The summed E-state index contributed by atoms with van der Waals surface area (Å²) >= 11 is 2.99. The van der Waals surface area contributed by atoms with Crippen molar-refractivity contribution in [2.24, 2.45) is 0 Å². The fraction of sp³-hybridized carbons (Fsp3) is 0.0952. The average molecular weight is 697 g/mol. The monoisotopic (exact) mass is 696 g/mol. The summed E-state index contributed by atoms with van der Waals surface area (Å²) in [6, 6.07) is 50.6. The Labute approximate surface area is 301 Å². The van der Waals surface area contributed by atoms with Crippen LogP contribution in [-0.4, -0.2) is 26.0 Å². The van der Waals surface area contributed by atoms with Crippen molar-refractivity contribution >= 4 is 46.7 Å². The number of hydrogen-bond acceptors (Lipinski definition) is 6. The van der Waals surface area contributed by atoms with Gasteiger partial charge in [0.05, 0.1) is 25.6 Å². The molecular weight excluding hydrogens is 661 g/mol. The Bertz CT molecular complexity index is 1880. The molecule has 2 N–H and O–H groups in total. The highest BCUT2D eigenvalue weighted by molar-refractivity contribution is 8.00. The molecule has 6 aromatic carbocycles. The molecule has 0 fully saturated rings. The summed E-state index contributed by atoms with van der Waals surface area (Å²) in [5, 5.41) is 5.25. The van der Waals surface area contributed by atoms with E-state index in [0.29, 0.717) is 22.9 Å². The maximum absolute atomic E-state index is 13.8. The lowest BCUT2D eigenvalue weighted by Crippen LogP contribution is -2.19. The Morgan fingerprint density at radius 2 is 0.820 bits per heavy atom. The van der Waals surface area contributed by atoms with Crippen molar-refractivity contribution in [2.45, 2.75) is 20.3 Å². The van der Waals surface area contributed by atoms with Crippen LogP contribution in [0.3, 0.4) is 0 Å². The van der Waals surface area contributed by atoms with Gasteiger partial charge >= 0.3 is 0 Å². The summed E-state index contributed by atoms with van der Waals surface area (Å²) in [5.74, 6) is 0.730. The van der Waals surface area contributed by atoms with E-state index in [2.05, 4.69) is 10.6 Å². The van der Waals surface area contributed by atoms with Crippen LogP contribution in [0.1, 0.15) is 21.6 Å². The van der Waals surface area contributed by atoms with Crippen LogP contribution in [0.5, 0.6) is 11.5 Å². The average Bonchev–Trinajstić information content (AvgIpc) is 3.17. The highest BCUT2D eigenvalue weighted by Crippen LogP contribution is 2.40. The molecule has 0 heterocycles. The van der Waals surface area contributed by atoms with Crippen LogP contribution in [0, 0.1) is 0 Å². The molecule has 0 aliphatic carbocycles. The van der Waals surface area contributed by atoms with Crippen molar-refractivity contribution in [3.63, 3.8) is 0 Å².